The molecule has 0 radical (unpaired) electrons. The molecule has 180 valence electrons. The molecule has 4 aromatic rings. The van der Waals surface area contributed by atoms with Crippen molar-refractivity contribution in [2.45, 2.75) is 34.2 Å². The van der Waals surface area contributed by atoms with Crippen LogP contribution in [0.4, 0.5) is 10.5 Å². The monoisotopic (exact) mass is 470 g/mol. The summed E-state index contributed by atoms with van der Waals surface area (Å²) in [5.41, 5.74) is 5.48. The zero-order chi connectivity index (χ0) is 24.9. The van der Waals surface area contributed by atoms with E-state index in [1.54, 1.807) is 35.5 Å². The Labute approximate surface area is 205 Å². The van der Waals surface area contributed by atoms with Crippen molar-refractivity contribution in [1.29, 1.82) is 0 Å². The lowest BCUT2D eigenvalue weighted by Crippen LogP contribution is -2.33. The number of hydrogen-bond acceptors (Lipinski definition) is 4. The molecule has 0 unspecified atom stereocenters. The Morgan fingerprint density at radius 3 is 2.31 bits per heavy atom. The van der Waals surface area contributed by atoms with Gasteiger partial charge in [-0.1, -0.05) is 29.3 Å². The van der Waals surface area contributed by atoms with Gasteiger partial charge >= 0.3 is 6.09 Å². The van der Waals surface area contributed by atoms with Crippen LogP contribution in [0.3, 0.4) is 0 Å². The highest BCUT2D eigenvalue weighted by Gasteiger charge is 2.20. The molecule has 1 N–H and O–H groups in total. The average Bonchev–Trinajstić information content (AvgIpc) is 3.24. The summed E-state index contributed by atoms with van der Waals surface area (Å²) in [7, 11) is 0. The Hall–Kier alpha value is -4.13. The van der Waals surface area contributed by atoms with Crippen molar-refractivity contribution in [3.63, 3.8) is 0 Å². The molecule has 7 nitrogen and oxygen atoms in total. The van der Waals surface area contributed by atoms with Crippen LogP contribution in [0, 0.1) is 13.8 Å². The predicted octanol–water partition coefficient (Wildman–Crippen LogP) is 5.79. The number of fused-ring (bicyclic) bond motifs is 1. The summed E-state index contributed by atoms with van der Waals surface area (Å²) < 4.78 is 7.87. The minimum atomic E-state index is -0.455. The third kappa shape index (κ3) is 5.35. The number of aryl methyl sites for hydroxylation is 2. The number of hydrogen-bond donors (Lipinski definition) is 1. The Balaban J connectivity index is 1.74. The van der Waals surface area contributed by atoms with Gasteiger partial charge in [-0.15, -0.1) is 0 Å². The lowest BCUT2D eigenvalue weighted by molar-refractivity contribution is 0.102. The minimum Gasteiger partial charge on any atom is -0.408 e. The van der Waals surface area contributed by atoms with Gasteiger partial charge in [0.15, 0.2) is 5.75 Å². The highest BCUT2D eigenvalue weighted by molar-refractivity contribution is 6.10. The summed E-state index contributed by atoms with van der Waals surface area (Å²) in [5.74, 6) is 0.00283. The van der Waals surface area contributed by atoms with Crippen LogP contribution in [-0.2, 0) is 6.54 Å². The van der Waals surface area contributed by atoms with E-state index in [0.717, 1.165) is 10.9 Å². The van der Waals surface area contributed by atoms with Crippen LogP contribution in [0.2, 0.25) is 0 Å². The molecule has 2 aromatic carbocycles. The third-order valence-corrected chi connectivity index (χ3v) is 5.95. The van der Waals surface area contributed by atoms with E-state index >= 15 is 0 Å². The van der Waals surface area contributed by atoms with E-state index in [9.17, 15) is 9.59 Å². The second-order valence-corrected chi connectivity index (χ2v) is 8.54. The van der Waals surface area contributed by atoms with E-state index < -0.39 is 6.09 Å². The fourth-order valence-electron chi connectivity index (χ4n) is 4.29. The van der Waals surface area contributed by atoms with Gasteiger partial charge in [0.25, 0.3) is 5.91 Å². The predicted molar refractivity (Wildman–Crippen MR) is 138 cm³/mol. The van der Waals surface area contributed by atoms with Crippen molar-refractivity contribution < 1.29 is 14.3 Å². The van der Waals surface area contributed by atoms with Crippen LogP contribution in [0.25, 0.3) is 10.9 Å². The van der Waals surface area contributed by atoms with Gasteiger partial charge in [-0.25, -0.2) is 4.79 Å². The summed E-state index contributed by atoms with van der Waals surface area (Å²) in [4.78, 5) is 31.3. The first-order valence-electron chi connectivity index (χ1n) is 11.8. The van der Waals surface area contributed by atoms with E-state index in [2.05, 4.69) is 46.9 Å². The lowest BCUT2D eigenvalue weighted by Gasteiger charge is -2.20. The molecular formula is C28H30N4O3. The maximum Gasteiger partial charge on any atom is 0.415 e. The number of nitrogens with zero attached hydrogens (tertiary/aromatic N) is 3. The van der Waals surface area contributed by atoms with Gasteiger partial charge in [0.2, 0.25) is 0 Å². The van der Waals surface area contributed by atoms with Crippen molar-refractivity contribution in [2.75, 3.05) is 18.4 Å². The molecule has 0 aliphatic heterocycles. The van der Waals surface area contributed by atoms with Crippen molar-refractivity contribution in [1.82, 2.24) is 14.5 Å². The molecule has 0 aliphatic rings. The van der Waals surface area contributed by atoms with Crippen LogP contribution in [0.1, 0.15) is 40.9 Å². The smallest absolute Gasteiger partial charge is 0.408 e. The topological polar surface area (TPSA) is 76.5 Å². The Kier molecular flexibility index (Phi) is 7.15. The fourth-order valence-corrected chi connectivity index (χ4v) is 4.29. The molecule has 0 spiro atoms. The van der Waals surface area contributed by atoms with Crippen molar-refractivity contribution in [3.8, 4) is 5.75 Å². The number of aromatic nitrogens is 2. The van der Waals surface area contributed by atoms with E-state index in [4.69, 9.17) is 4.74 Å². The van der Waals surface area contributed by atoms with Crippen molar-refractivity contribution in [2.24, 2.45) is 0 Å². The third-order valence-electron chi connectivity index (χ3n) is 5.95. The number of pyridine rings is 1. The molecule has 4 rings (SSSR count). The molecule has 0 saturated heterocycles. The standard InChI is InChI=1S/C28H30N4O3/c1-5-31(6-2)28(34)35-25-8-7-24-23(26(25)30-27(33)22-9-12-29-13-10-22)11-14-32(24)18-21-16-19(3)15-20(4)17-21/h7-17H,5-6,18H2,1-4H3,(H,30,33). The minimum absolute atomic E-state index is 0.304. The first-order chi connectivity index (χ1) is 16.9. The Morgan fingerprint density at radius 1 is 0.971 bits per heavy atom. The van der Waals surface area contributed by atoms with Crippen LogP contribution in [-0.4, -0.2) is 39.5 Å². The second-order valence-electron chi connectivity index (χ2n) is 8.54. The van der Waals surface area contributed by atoms with Gasteiger partial charge in [0.05, 0.1) is 11.2 Å². The Bertz CT molecular complexity index is 1340. The summed E-state index contributed by atoms with van der Waals surface area (Å²) in [5, 5.41) is 3.76. The maximum atomic E-state index is 13.0. The zero-order valence-electron chi connectivity index (χ0n) is 20.5. The maximum absolute atomic E-state index is 13.0. The first kappa shape index (κ1) is 24.0. The lowest BCUT2D eigenvalue weighted by atomic mass is 10.1. The normalized spacial score (nSPS) is 10.9. The first-order valence-corrected chi connectivity index (χ1v) is 11.8. The molecule has 35 heavy (non-hydrogen) atoms. The summed E-state index contributed by atoms with van der Waals surface area (Å²) in [6, 6.07) is 15.4. The number of amides is 2. The van der Waals surface area contributed by atoms with Crippen LogP contribution >= 0.6 is 0 Å². The number of rotatable bonds is 7. The van der Waals surface area contributed by atoms with Gasteiger partial charge in [-0.05, 0) is 63.6 Å². The van der Waals surface area contributed by atoms with Crippen LogP contribution in [0.5, 0.6) is 5.75 Å². The van der Waals surface area contributed by atoms with Crippen LogP contribution < -0.4 is 10.1 Å². The van der Waals surface area contributed by atoms with Gasteiger partial charge < -0.3 is 19.5 Å². The summed E-state index contributed by atoms with van der Waals surface area (Å²) in [6.45, 7) is 9.72. The SMILES string of the molecule is CCN(CC)C(=O)Oc1ccc2c(ccn2Cc2cc(C)cc(C)c2)c1NC(=O)c1ccncc1. The van der Waals surface area contributed by atoms with E-state index in [0.29, 0.717) is 36.6 Å². The van der Waals surface area contributed by atoms with Crippen LogP contribution in [0.15, 0.2) is 67.1 Å². The van der Waals surface area contributed by atoms with Gasteiger partial charge in [0.1, 0.15) is 0 Å². The van der Waals surface area contributed by atoms with E-state index in [1.807, 2.05) is 32.2 Å². The number of carbonyl (C=O) groups excluding carboxylic acids is 2. The number of anilines is 1. The highest BCUT2D eigenvalue weighted by Crippen LogP contribution is 2.35. The molecular weight excluding hydrogens is 440 g/mol. The van der Waals surface area contributed by atoms with Gasteiger partial charge in [0, 0.05) is 49.2 Å². The number of benzene rings is 2. The zero-order valence-corrected chi connectivity index (χ0v) is 20.5. The number of ether oxygens (including phenoxy) is 1. The molecule has 2 heterocycles. The largest absolute Gasteiger partial charge is 0.415 e. The molecule has 0 bridgehead atoms. The number of nitrogens with one attached hydrogen (secondary N) is 1. The Morgan fingerprint density at radius 2 is 1.66 bits per heavy atom. The molecule has 2 aromatic heterocycles. The quantitative estimate of drug-likeness (QED) is 0.371. The number of carbonyl (C=O) groups is 2. The summed E-state index contributed by atoms with van der Waals surface area (Å²) >= 11 is 0. The molecule has 0 aliphatic carbocycles. The van der Waals surface area contributed by atoms with Gasteiger partial charge in [-0.2, -0.15) is 0 Å². The van der Waals surface area contributed by atoms with Crippen molar-refractivity contribution in [3.05, 3.63) is 89.4 Å². The molecule has 2 amide bonds. The molecule has 0 fully saturated rings. The molecule has 7 heteroatoms. The molecule has 0 saturated carbocycles. The highest BCUT2D eigenvalue weighted by atomic mass is 16.6. The average molecular weight is 471 g/mol. The van der Waals surface area contributed by atoms with E-state index in [1.165, 1.54) is 16.7 Å². The van der Waals surface area contributed by atoms with Gasteiger partial charge in [-0.3, -0.25) is 9.78 Å². The fraction of sp³-hybridized carbons (Fsp3) is 0.250. The summed E-state index contributed by atoms with van der Waals surface area (Å²) in [6.07, 6.45) is 4.66. The second kappa shape index (κ2) is 10.4. The molecule has 0 atom stereocenters. The van der Waals surface area contributed by atoms with E-state index in [-0.39, 0.29) is 5.91 Å². The van der Waals surface area contributed by atoms with Crippen molar-refractivity contribution >= 4 is 28.6 Å².